The van der Waals surface area contributed by atoms with Crippen LogP contribution in [0.5, 0.6) is 5.75 Å². The Hall–Kier alpha value is -3.07. The Labute approximate surface area is 196 Å². The summed E-state index contributed by atoms with van der Waals surface area (Å²) in [6, 6.07) is 11.8. The van der Waals surface area contributed by atoms with Crippen molar-refractivity contribution < 1.29 is 22.7 Å². The van der Waals surface area contributed by atoms with E-state index in [2.05, 4.69) is 5.32 Å². The molecule has 0 aromatic heterocycles. The smallest absolute Gasteiger partial charge is 0.244 e. The van der Waals surface area contributed by atoms with Gasteiger partial charge in [-0.15, -0.1) is 0 Å². The maximum absolute atomic E-state index is 13.5. The highest BCUT2D eigenvalue weighted by molar-refractivity contribution is 7.92. The molecule has 1 unspecified atom stereocenters. The lowest BCUT2D eigenvalue weighted by molar-refractivity contribution is -0.139. The van der Waals surface area contributed by atoms with E-state index in [0.717, 1.165) is 27.3 Å². The number of methoxy groups -OCH3 is 1. The fraction of sp³-hybridized carbons (Fsp3) is 0.417. The number of carbonyl (C=O) groups excluding carboxylic acids is 2. The van der Waals surface area contributed by atoms with Gasteiger partial charge in [0.05, 0.1) is 19.1 Å². The third-order valence-electron chi connectivity index (χ3n) is 5.34. The second-order valence-electron chi connectivity index (χ2n) is 8.00. The van der Waals surface area contributed by atoms with Crippen LogP contribution in [-0.2, 0) is 26.2 Å². The van der Waals surface area contributed by atoms with Crippen molar-refractivity contribution in [2.24, 2.45) is 0 Å². The first kappa shape index (κ1) is 26.2. The molecule has 0 aliphatic rings. The van der Waals surface area contributed by atoms with Crippen LogP contribution in [0.4, 0.5) is 5.69 Å². The van der Waals surface area contributed by atoms with Crippen molar-refractivity contribution in [1.82, 2.24) is 10.2 Å². The van der Waals surface area contributed by atoms with Gasteiger partial charge in [0.25, 0.3) is 0 Å². The van der Waals surface area contributed by atoms with Gasteiger partial charge in [0.15, 0.2) is 0 Å². The van der Waals surface area contributed by atoms with E-state index in [1.54, 1.807) is 46.1 Å². The Kier molecular flexibility index (Phi) is 8.87. The molecule has 0 spiro atoms. The molecule has 0 radical (unpaired) electrons. The van der Waals surface area contributed by atoms with Crippen LogP contribution < -0.4 is 14.4 Å². The molecule has 2 aromatic rings. The molecule has 0 heterocycles. The summed E-state index contributed by atoms with van der Waals surface area (Å²) in [4.78, 5) is 27.4. The van der Waals surface area contributed by atoms with Gasteiger partial charge in [-0.1, -0.05) is 24.3 Å². The first-order valence-corrected chi connectivity index (χ1v) is 12.6. The summed E-state index contributed by atoms with van der Waals surface area (Å²) in [6.45, 7) is 7.24. The number of anilines is 1. The summed E-state index contributed by atoms with van der Waals surface area (Å²) < 4.78 is 31.6. The molecule has 2 amide bonds. The number of amides is 2. The molecule has 1 atom stereocenters. The minimum atomic E-state index is -3.76. The van der Waals surface area contributed by atoms with Crippen molar-refractivity contribution in [1.29, 1.82) is 0 Å². The van der Waals surface area contributed by atoms with Crippen LogP contribution in [0.15, 0.2) is 42.5 Å². The van der Waals surface area contributed by atoms with Gasteiger partial charge in [0.2, 0.25) is 21.8 Å². The zero-order valence-corrected chi connectivity index (χ0v) is 20.9. The fourth-order valence-corrected chi connectivity index (χ4v) is 4.31. The third kappa shape index (κ3) is 6.95. The number of aryl methyl sites for hydroxylation is 2. The summed E-state index contributed by atoms with van der Waals surface area (Å²) >= 11 is 0. The summed E-state index contributed by atoms with van der Waals surface area (Å²) in [5.74, 6) is -0.112. The summed E-state index contributed by atoms with van der Waals surface area (Å²) in [5, 5.41) is 2.73. The molecular formula is C24H33N3O5S. The van der Waals surface area contributed by atoms with Crippen LogP contribution in [0.25, 0.3) is 0 Å². The first-order chi connectivity index (χ1) is 15.5. The molecule has 0 saturated carbocycles. The molecule has 1 N–H and O–H groups in total. The second-order valence-corrected chi connectivity index (χ2v) is 9.91. The molecule has 9 heteroatoms. The van der Waals surface area contributed by atoms with Crippen LogP contribution in [-0.4, -0.2) is 57.6 Å². The van der Waals surface area contributed by atoms with Crippen LogP contribution in [0.1, 0.15) is 30.5 Å². The average molecular weight is 476 g/mol. The zero-order valence-electron chi connectivity index (χ0n) is 20.1. The molecule has 8 nitrogen and oxygen atoms in total. The van der Waals surface area contributed by atoms with Crippen LogP contribution in [0.2, 0.25) is 0 Å². The van der Waals surface area contributed by atoms with E-state index >= 15 is 0 Å². The molecular weight excluding hydrogens is 442 g/mol. The van der Waals surface area contributed by atoms with E-state index < -0.39 is 28.5 Å². The number of nitrogens with one attached hydrogen (secondary N) is 1. The molecule has 0 bridgehead atoms. The highest BCUT2D eigenvalue weighted by Gasteiger charge is 2.30. The van der Waals surface area contributed by atoms with Crippen molar-refractivity contribution in [2.45, 2.75) is 40.3 Å². The molecule has 2 rings (SSSR count). The van der Waals surface area contributed by atoms with Gasteiger partial charge in [0, 0.05) is 13.1 Å². The Bertz CT molecular complexity index is 1080. The Morgan fingerprint density at radius 3 is 2.27 bits per heavy atom. The van der Waals surface area contributed by atoms with E-state index in [0.29, 0.717) is 18.0 Å². The van der Waals surface area contributed by atoms with Crippen LogP contribution >= 0.6 is 0 Å². The monoisotopic (exact) mass is 475 g/mol. The molecule has 0 aliphatic carbocycles. The SMILES string of the molecule is CCNC(=O)C(C)N(Cc1ccc(OC)cc1)C(=O)CN(c1cc(C)ccc1C)S(C)(=O)=O. The highest BCUT2D eigenvalue weighted by Crippen LogP contribution is 2.24. The van der Waals surface area contributed by atoms with E-state index in [1.165, 1.54) is 4.90 Å². The number of ether oxygens (including phenoxy) is 1. The van der Waals surface area contributed by atoms with E-state index in [4.69, 9.17) is 4.74 Å². The van der Waals surface area contributed by atoms with Gasteiger partial charge in [-0.05, 0) is 62.6 Å². The number of sulfonamides is 1. The summed E-state index contributed by atoms with van der Waals surface area (Å²) in [7, 11) is -2.19. The van der Waals surface area contributed by atoms with Gasteiger partial charge < -0.3 is 15.0 Å². The Balaban J connectivity index is 2.41. The van der Waals surface area contributed by atoms with E-state index in [-0.39, 0.29) is 12.5 Å². The maximum Gasteiger partial charge on any atom is 0.244 e. The predicted octanol–water partition coefficient (Wildman–Crippen LogP) is 2.63. The van der Waals surface area contributed by atoms with Crippen molar-refractivity contribution in [2.75, 3.05) is 30.8 Å². The average Bonchev–Trinajstić information content (AvgIpc) is 2.76. The van der Waals surface area contributed by atoms with Crippen LogP contribution in [0, 0.1) is 13.8 Å². The van der Waals surface area contributed by atoms with Crippen molar-refractivity contribution >= 4 is 27.5 Å². The Morgan fingerprint density at radius 2 is 1.73 bits per heavy atom. The molecule has 0 saturated heterocycles. The number of likely N-dealkylation sites (N-methyl/N-ethyl adjacent to an activating group) is 1. The highest BCUT2D eigenvalue weighted by atomic mass is 32.2. The third-order valence-corrected chi connectivity index (χ3v) is 6.47. The van der Waals surface area contributed by atoms with Gasteiger partial charge in [0.1, 0.15) is 18.3 Å². The zero-order chi connectivity index (χ0) is 24.8. The number of benzene rings is 2. The number of hydrogen-bond donors (Lipinski definition) is 1. The van der Waals surface area contributed by atoms with E-state index in [9.17, 15) is 18.0 Å². The lowest BCUT2D eigenvalue weighted by Gasteiger charge is -2.32. The minimum absolute atomic E-state index is 0.144. The van der Waals surface area contributed by atoms with Crippen molar-refractivity contribution in [3.05, 3.63) is 59.2 Å². The fourth-order valence-electron chi connectivity index (χ4n) is 3.42. The van der Waals surface area contributed by atoms with E-state index in [1.807, 2.05) is 31.2 Å². The molecule has 0 fully saturated rings. The predicted molar refractivity (Wildman–Crippen MR) is 130 cm³/mol. The van der Waals surface area contributed by atoms with Gasteiger partial charge in [-0.3, -0.25) is 13.9 Å². The molecule has 180 valence electrons. The largest absolute Gasteiger partial charge is 0.497 e. The standard InChI is InChI=1S/C24H33N3O5S/c1-7-25-24(29)19(4)26(15-20-10-12-21(32-5)13-11-20)23(28)16-27(33(6,30)31)22-14-17(2)8-9-18(22)3/h8-14,19H,7,15-16H2,1-6H3,(H,25,29). The molecule has 0 aliphatic heterocycles. The van der Waals surface area contributed by atoms with Crippen LogP contribution in [0.3, 0.4) is 0 Å². The Morgan fingerprint density at radius 1 is 1.09 bits per heavy atom. The molecule has 2 aromatic carbocycles. The topological polar surface area (TPSA) is 96.0 Å². The summed E-state index contributed by atoms with van der Waals surface area (Å²) in [6.07, 6.45) is 1.07. The van der Waals surface area contributed by atoms with Crippen molar-refractivity contribution in [3.63, 3.8) is 0 Å². The maximum atomic E-state index is 13.5. The summed E-state index contributed by atoms with van der Waals surface area (Å²) in [5.41, 5.74) is 2.85. The number of nitrogens with zero attached hydrogens (tertiary/aromatic N) is 2. The molecule has 33 heavy (non-hydrogen) atoms. The second kappa shape index (κ2) is 11.2. The minimum Gasteiger partial charge on any atom is -0.497 e. The number of carbonyl (C=O) groups is 2. The van der Waals surface area contributed by atoms with Gasteiger partial charge in [-0.25, -0.2) is 8.42 Å². The lowest BCUT2D eigenvalue weighted by atomic mass is 10.1. The first-order valence-electron chi connectivity index (χ1n) is 10.7. The number of rotatable bonds is 10. The normalized spacial score (nSPS) is 12.1. The quantitative estimate of drug-likeness (QED) is 0.570. The van der Waals surface area contributed by atoms with Gasteiger partial charge in [-0.2, -0.15) is 0 Å². The van der Waals surface area contributed by atoms with Gasteiger partial charge >= 0.3 is 0 Å². The number of hydrogen-bond acceptors (Lipinski definition) is 5. The lowest BCUT2D eigenvalue weighted by Crippen LogP contribution is -2.51. The van der Waals surface area contributed by atoms with Crippen molar-refractivity contribution in [3.8, 4) is 5.75 Å².